The number of halogens is 5. The highest BCUT2D eigenvalue weighted by Crippen LogP contribution is 2.37. The van der Waals surface area contributed by atoms with E-state index in [4.69, 9.17) is 23.2 Å². The molecule has 4 aromatic rings. The van der Waals surface area contributed by atoms with Gasteiger partial charge >= 0.3 is 6.18 Å². The van der Waals surface area contributed by atoms with Gasteiger partial charge < -0.3 is 10.0 Å². The molecule has 9 heteroatoms. The molecule has 0 aliphatic rings. The highest BCUT2D eigenvalue weighted by atomic mass is 35.5. The van der Waals surface area contributed by atoms with Crippen molar-refractivity contribution in [1.82, 2.24) is 4.90 Å². The number of alkyl halides is 3. The number of aliphatic imine (C=N–C) groups is 1. The second-order valence-electron chi connectivity index (χ2n) is 8.62. The van der Waals surface area contributed by atoms with Crippen molar-refractivity contribution in [2.24, 2.45) is 4.99 Å². The van der Waals surface area contributed by atoms with E-state index >= 15 is 0 Å². The Hall–Kier alpha value is -3.13. The molecular weight excluding hydrogens is 552 g/mol. The summed E-state index contributed by atoms with van der Waals surface area (Å²) >= 11 is 13.4. The molecular formula is C29H23Cl2F3N2OS. The largest absolute Gasteiger partial charge is 0.508 e. The van der Waals surface area contributed by atoms with E-state index in [2.05, 4.69) is 4.99 Å². The van der Waals surface area contributed by atoms with E-state index in [1.807, 2.05) is 54.3 Å². The number of phenolic OH excluding ortho intramolecular Hbond substituents is 1. The number of hydrogen-bond acceptors (Lipinski definition) is 3. The van der Waals surface area contributed by atoms with Crippen molar-refractivity contribution >= 4 is 45.8 Å². The number of rotatable bonds is 6. The first-order valence-corrected chi connectivity index (χ1v) is 13.1. The lowest BCUT2D eigenvalue weighted by Crippen LogP contribution is -2.28. The van der Waals surface area contributed by atoms with Crippen LogP contribution in [0, 0.1) is 6.92 Å². The Morgan fingerprint density at radius 3 is 2.21 bits per heavy atom. The van der Waals surface area contributed by atoms with Gasteiger partial charge in [0.2, 0.25) is 0 Å². The van der Waals surface area contributed by atoms with Gasteiger partial charge in [-0.25, -0.2) is 4.99 Å². The summed E-state index contributed by atoms with van der Waals surface area (Å²) in [5.41, 5.74) is 2.05. The minimum absolute atomic E-state index is 0.123. The molecule has 4 rings (SSSR count). The molecule has 0 aliphatic carbocycles. The van der Waals surface area contributed by atoms with E-state index in [9.17, 15) is 18.3 Å². The Labute approximate surface area is 233 Å². The molecule has 0 aromatic heterocycles. The number of benzene rings is 4. The molecule has 38 heavy (non-hydrogen) atoms. The third-order valence-electron chi connectivity index (χ3n) is 5.55. The second kappa shape index (κ2) is 12.2. The molecule has 0 atom stereocenters. The lowest BCUT2D eigenvalue weighted by Gasteiger charge is -2.26. The average molecular weight is 575 g/mol. The van der Waals surface area contributed by atoms with Crippen molar-refractivity contribution in [3.05, 3.63) is 123 Å². The lowest BCUT2D eigenvalue weighted by molar-refractivity contribution is -0.137. The third kappa shape index (κ3) is 7.69. The van der Waals surface area contributed by atoms with Crippen LogP contribution in [0.5, 0.6) is 5.75 Å². The van der Waals surface area contributed by atoms with Gasteiger partial charge in [-0.1, -0.05) is 76.9 Å². The Balaban J connectivity index is 1.81. The van der Waals surface area contributed by atoms with Crippen LogP contribution in [0.25, 0.3) is 0 Å². The molecule has 0 unspecified atom stereocenters. The Bertz CT molecular complexity index is 1430. The standard InChI is InChI=1S/C29H23Cl2F3N2OS/c1-19-5-12-25(13-6-19)38-28(35-23-9-14-27(31)26(16-23)29(32,33)34)36(17-20-7-10-24(37)11-8-20)18-21-3-2-4-22(30)15-21/h2-16,37H,17-18H2,1H3. The number of aromatic hydroxyl groups is 1. The van der Waals surface area contributed by atoms with Crippen LogP contribution >= 0.6 is 35.0 Å². The Kier molecular flexibility index (Phi) is 8.92. The molecule has 196 valence electrons. The van der Waals surface area contributed by atoms with Gasteiger partial charge in [0.15, 0.2) is 5.17 Å². The van der Waals surface area contributed by atoms with Gasteiger partial charge in [-0.05, 0) is 72.6 Å². The van der Waals surface area contributed by atoms with Crippen LogP contribution < -0.4 is 0 Å². The summed E-state index contributed by atoms with van der Waals surface area (Å²) in [4.78, 5) is 7.53. The highest BCUT2D eigenvalue weighted by Gasteiger charge is 2.33. The molecule has 0 amide bonds. The number of hydrogen-bond donors (Lipinski definition) is 1. The van der Waals surface area contributed by atoms with Crippen molar-refractivity contribution in [3.63, 3.8) is 0 Å². The van der Waals surface area contributed by atoms with Gasteiger partial charge in [0.25, 0.3) is 0 Å². The number of nitrogens with zero attached hydrogens (tertiary/aromatic N) is 2. The van der Waals surface area contributed by atoms with Gasteiger partial charge in [-0.3, -0.25) is 0 Å². The molecule has 3 nitrogen and oxygen atoms in total. The van der Waals surface area contributed by atoms with Gasteiger partial charge in [-0.15, -0.1) is 0 Å². The molecule has 1 N–H and O–H groups in total. The first-order chi connectivity index (χ1) is 18.1. The molecule has 0 radical (unpaired) electrons. The molecule has 0 bridgehead atoms. The predicted molar refractivity (Wildman–Crippen MR) is 149 cm³/mol. The van der Waals surface area contributed by atoms with Crippen LogP contribution in [0.4, 0.5) is 18.9 Å². The summed E-state index contributed by atoms with van der Waals surface area (Å²) in [6, 6.07) is 25.6. The van der Waals surface area contributed by atoms with E-state index in [-0.39, 0.29) is 16.5 Å². The fraction of sp³-hybridized carbons (Fsp3) is 0.138. The first kappa shape index (κ1) is 27.9. The molecule has 0 saturated carbocycles. The van der Waals surface area contributed by atoms with E-state index in [1.165, 1.54) is 23.9 Å². The quantitative estimate of drug-likeness (QED) is 0.141. The SMILES string of the molecule is Cc1ccc(SC(=Nc2ccc(Cl)c(C(F)(F)F)c2)N(Cc2ccc(O)cc2)Cc2cccc(Cl)c2)cc1. The van der Waals surface area contributed by atoms with Gasteiger partial charge in [0, 0.05) is 23.0 Å². The fourth-order valence-corrected chi connectivity index (χ4v) is 4.98. The van der Waals surface area contributed by atoms with Crippen LogP contribution in [0.15, 0.2) is 101 Å². The predicted octanol–water partition coefficient (Wildman–Crippen LogP) is 9.51. The van der Waals surface area contributed by atoms with Crippen LogP contribution in [-0.2, 0) is 19.3 Å². The zero-order valence-corrected chi connectivity index (χ0v) is 22.5. The monoisotopic (exact) mass is 574 g/mol. The third-order valence-corrected chi connectivity index (χ3v) is 7.16. The summed E-state index contributed by atoms with van der Waals surface area (Å²) in [6.07, 6.45) is -4.61. The smallest absolute Gasteiger partial charge is 0.417 e. The first-order valence-electron chi connectivity index (χ1n) is 11.5. The number of amidine groups is 1. The van der Waals surface area contributed by atoms with E-state index < -0.39 is 11.7 Å². The zero-order chi connectivity index (χ0) is 27.3. The molecule has 0 aliphatic heterocycles. The summed E-state index contributed by atoms with van der Waals surface area (Å²) in [5, 5.41) is 10.4. The summed E-state index contributed by atoms with van der Waals surface area (Å²) < 4.78 is 40.7. The minimum atomic E-state index is -4.61. The van der Waals surface area contributed by atoms with Gasteiger partial charge in [0.1, 0.15) is 5.75 Å². The molecule has 4 aromatic carbocycles. The zero-order valence-electron chi connectivity index (χ0n) is 20.2. The van der Waals surface area contributed by atoms with Crippen molar-refractivity contribution in [1.29, 1.82) is 0 Å². The lowest BCUT2D eigenvalue weighted by atomic mass is 10.1. The Morgan fingerprint density at radius 2 is 1.55 bits per heavy atom. The maximum atomic E-state index is 13.6. The maximum absolute atomic E-state index is 13.6. The molecule has 0 spiro atoms. The van der Waals surface area contributed by atoms with Gasteiger partial charge in [0.05, 0.1) is 16.3 Å². The average Bonchev–Trinajstić information content (AvgIpc) is 2.86. The van der Waals surface area contributed by atoms with Crippen LogP contribution in [-0.4, -0.2) is 15.2 Å². The van der Waals surface area contributed by atoms with E-state index in [0.29, 0.717) is 23.3 Å². The van der Waals surface area contributed by atoms with Gasteiger partial charge in [-0.2, -0.15) is 13.2 Å². The van der Waals surface area contributed by atoms with Crippen LogP contribution in [0.1, 0.15) is 22.3 Å². The maximum Gasteiger partial charge on any atom is 0.417 e. The number of aryl methyl sites for hydroxylation is 1. The second-order valence-corrected chi connectivity index (χ2v) is 10.5. The number of phenols is 1. The van der Waals surface area contributed by atoms with Crippen molar-refractivity contribution in [2.75, 3.05) is 0 Å². The van der Waals surface area contributed by atoms with E-state index in [1.54, 1.807) is 30.3 Å². The summed E-state index contributed by atoms with van der Waals surface area (Å²) in [5.74, 6) is 0.138. The van der Waals surface area contributed by atoms with Crippen molar-refractivity contribution in [3.8, 4) is 5.75 Å². The van der Waals surface area contributed by atoms with E-state index in [0.717, 1.165) is 27.7 Å². The van der Waals surface area contributed by atoms with Crippen molar-refractivity contribution < 1.29 is 18.3 Å². The summed E-state index contributed by atoms with van der Waals surface area (Å²) in [7, 11) is 0. The fourth-order valence-electron chi connectivity index (χ4n) is 3.65. The molecule has 0 saturated heterocycles. The molecule has 0 fully saturated rings. The molecule has 0 heterocycles. The minimum Gasteiger partial charge on any atom is -0.508 e. The van der Waals surface area contributed by atoms with Crippen LogP contribution in [0.2, 0.25) is 10.0 Å². The van der Waals surface area contributed by atoms with Crippen molar-refractivity contribution in [2.45, 2.75) is 31.1 Å². The van der Waals surface area contributed by atoms with Crippen LogP contribution in [0.3, 0.4) is 0 Å². The normalized spacial score (nSPS) is 12.0. The summed E-state index contributed by atoms with van der Waals surface area (Å²) in [6.45, 7) is 2.75. The topological polar surface area (TPSA) is 35.8 Å². The Morgan fingerprint density at radius 1 is 0.868 bits per heavy atom. The highest BCUT2D eigenvalue weighted by molar-refractivity contribution is 8.13. The number of thioether (sulfide) groups is 1.